The summed E-state index contributed by atoms with van der Waals surface area (Å²) in [6, 6.07) is 0. The standard InChI is InChI=1S/C4H6ClN3O/c5-4-8-7-3(9-4)1-2-6/h1-2,6H2. The van der Waals surface area contributed by atoms with Crippen LogP contribution in [0.15, 0.2) is 4.42 Å². The molecule has 4 nitrogen and oxygen atoms in total. The van der Waals surface area contributed by atoms with Crippen LogP contribution in [0.4, 0.5) is 0 Å². The molecular weight excluding hydrogens is 142 g/mol. The highest BCUT2D eigenvalue weighted by atomic mass is 35.5. The molecule has 0 aromatic carbocycles. The lowest BCUT2D eigenvalue weighted by molar-refractivity contribution is 0.496. The first-order chi connectivity index (χ1) is 4.33. The van der Waals surface area contributed by atoms with Gasteiger partial charge < -0.3 is 10.2 Å². The van der Waals surface area contributed by atoms with E-state index in [2.05, 4.69) is 10.2 Å². The zero-order chi connectivity index (χ0) is 6.69. The van der Waals surface area contributed by atoms with Gasteiger partial charge in [0.2, 0.25) is 5.89 Å². The molecule has 0 saturated heterocycles. The maximum Gasteiger partial charge on any atom is 0.312 e. The van der Waals surface area contributed by atoms with E-state index in [1.165, 1.54) is 0 Å². The molecule has 50 valence electrons. The molecule has 0 unspecified atom stereocenters. The van der Waals surface area contributed by atoms with E-state index in [4.69, 9.17) is 21.8 Å². The van der Waals surface area contributed by atoms with Gasteiger partial charge in [-0.05, 0) is 11.6 Å². The van der Waals surface area contributed by atoms with Gasteiger partial charge in [0, 0.05) is 13.0 Å². The lowest BCUT2D eigenvalue weighted by atomic mass is 10.4. The molecule has 2 N–H and O–H groups in total. The molecule has 0 fully saturated rings. The Hall–Kier alpha value is -0.610. The molecule has 0 amide bonds. The molecule has 0 aliphatic rings. The van der Waals surface area contributed by atoms with Crippen LogP contribution in [-0.4, -0.2) is 16.7 Å². The van der Waals surface area contributed by atoms with Crippen molar-refractivity contribution in [2.75, 3.05) is 6.54 Å². The summed E-state index contributed by atoms with van der Waals surface area (Å²) < 4.78 is 4.79. The Labute approximate surface area is 57.0 Å². The van der Waals surface area contributed by atoms with E-state index >= 15 is 0 Å². The van der Waals surface area contributed by atoms with Gasteiger partial charge in [-0.3, -0.25) is 0 Å². The number of nitrogens with zero attached hydrogens (tertiary/aromatic N) is 2. The lowest BCUT2D eigenvalue weighted by Crippen LogP contribution is -2.02. The van der Waals surface area contributed by atoms with Crippen molar-refractivity contribution in [1.82, 2.24) is 10.2 Å². The van der Waals surface area contributed by atoms with Gasteiger partial charge in [0.15, 0.2) is 0 Å². The summed E-state index contributed by atoms with van der Waals surface area (Å²) in [5, 5.41) is 7.07. The van der Waals surface area contributed by atoms with Gasteiger partial charge in [-0.1, -0.05) is 5.10 Å². The minimum atomic E-state index is 0.0680. The van der Waals surface area contributed by atoms with Crippen LogP contribution in [0.1, 0.15) is 5.89 Å². The summed E-state index contributed by atoms with van der Waals surface area (Å²) >= 11 is 5.32. The van der Waals surface area contributed by atoms with Gasteiger partial charge in [-0.25, -0.2) is 0 Å². The highest BCUT2D eigenvalue weighted by Gasteiger charge is 1.99. The van der Waals surface area contributed by atoms with Gasteiger partial charge in [-0.15, -0.1) is 5.10 Å². The number of halogens is 1. The highest BCUT2D eigenvalue weighted by molar-refractivity contribution is 6.27. The molecule has 1 aromatic rings. The molecule has 1 heterocycles. The van der Waals surface area contributed by atoms with E-state index < -0.39 is 0 Å². The number of hydrogen-bond donors (Lipinski definition) is 1. The van der Waals surface area contributed by atoms with Crippen molar-refractivity contribution >= 4 is 11.6 Å². The lowest BCUT2D eigenvalue weighted by Gasteiger charge is -1.83. The summed E-state index contributed by atoms with van der Waals surface area (Å²) in [6.07, 6.45) is 0.583. The zero-order valence-electron chi connectivity index (χ0n) is 4.67. The second-order valence-electron chi connectivity index (χ2n) is 1.49. The van der Waals surface area contributed by atoms with Crippen LogP contribution in [-0.2, 0) is 6.42 Å². The predicted molar refractivity (Wildman–Crippen MR) is 32.1 cm³/mol. The van der Waals surface area contributed by atoms with Crippen LogP contribution in [0.5, 0.6) is 0 Å². The molecular formula is C4H6ClN3O. The van der Waals surface area contributed by atoms with E-state index in [1.807, 2.05) is 0 Å². The van der Waals surface area contributed by atoms with Gasteiger partial charge in [0.25, 0.3) is 0 Å². The van der Waals surface area contributed by atoms with Crippen LogP contribution >= 0.6 is 11.6 Å². The normalized spacial score (nSPS) is 10.0. The fraction of sp³-hybridized carbons (Fsp3) is 0.500. The topological polar surface area (TPSA) is 64.9 Å². The molecule has 0 spiro atoms. The Balaban J connectivity index is 2.61. The molecule has 5 heteroatoms. The van der Waals surface area contributed by atoms with Crippen LogP contribution in [0.25, 0.3) is 0 Å². The van der Waals surface area contributed by atoms with E-state index in [1.54, 1.807) is 0 Å². The fourth-order valence-corrected chi connectivity index (χ4v) is 0.584. The van der Waals surface area contributed by atoms with Gasteiger partial charge in [0.05, 0.1) is 0 Å². The Kier molecular flexibility index (Phi) is 2.02. The molecule has 1 rings (SSSR count). The average Bonchev–Trinajstić information content (AvgIpc) is 2.17. The first kappa shape index (κ1) is 6.51. The summed E-state index contributed by atoms with van der Waals surface area (Å²) in [4.78, 5) is 0. The number of rotatable bonds is 2. The van der Waals surface area contributed by atoms with Gasteiger partial charge in [-0.2, -0.15) is 0 Å². The Morgan fingerprint density at radius 3 is 2.78 bits per heavy atom. The monoisotopic (exact) mass is 147 g/mol. The largest absolute Gasteiger partial charge is 0.412 e. The maximum atomic E-state index is 5.32. The average molecular weight is 148 g/mol. The van der Waals surface area contributed by atoms with Crippen LogP contribution in [0.3, 0.4) is 0 Å². The van der Waals surface area contributed by atoms with Crippen LogP contribution in [0.2, 0.25) is 5.35 Å². The smallest absolute Gasteiger partial charge is 0.312 e. The molecule has 0 bridgehead atoms. The van der Waals surface area contributed by atoms with Gasteiger partial charge >= 0.3 is 5.35 Å². The molecule has 0 saturated carbocycles. The zero-order valence-corrected chi connectivity index (χ0v) is 5.43. The van der Waals surface area contributed by atoms with E-state index in [0.717, 1.165) is 0 Å². The van der Waals surface area contributed by atoms with Crippen molar-refractivity contribution in [3.8, 4) is 0 Å². The second kappa shape index (κ2) is 2.80. The van der Waals surface area contributed by atoms with Crippen molar-refractivity contribution in [3.05, 3.63) is 11.2 Å². The third-order valence-corrected chi connectivity index (χ3v) is 0.953. The second-order valence-corrected chi connectivity index (χ2v) is 1.81. The minimum absolute atomic E-state index is 0.0680. The first-order valence-electron chi connectivity index (χ1n) is 2.51. The van der Waals surface area contributed by atoms with Gasteiger partial charge in [0.1, 0.15) is 0 Å². The van der Waals surface area contributed by atoms with Crippen molar-refractivity contribution in [3.63, 3.8) is 0 Å². The number of hydrogen-bond acceptors (Lipinski definition) is 4. The maximum absolute atomic E-state index is 5.32. The third kappa shape index (κ3) is 1.65. The summed E-state index contributed by atoms with van der Waals surface area (Å²) in [5.74, 6) is 0.488. The van der Waals surface area contributed by atoms with E-state index in [0.29, 0.717) is 18.9 Å². The quantitative estimate of drug-likeness (QED) is 0.650. The first-order valence-corrected chi connectivity index (χ1v) is 2.88. The number of aromatic nitrogens is 2. The highest BCUT2D eigenvalue weighted by Crippen LogP contribution is 2.04. The van der Waals surface area contributed by atoms with Crippen molar-refractivity contribution in [2.24, 2.45) is 5.73 Å². The molecule has 0 aliphatic carbocycles. The minimum Gasteiger partial charge on any atom is -0.412 e. The summed E-state index contributed by atoms with van der Waals surface area (Å²) in [7, 11) is 0. The predicted octanol–water partition coefficient (Wildman–Crippen LogP) is 0.224. The summed E-state index contributed by atoms with van der Waals surface area (Å²) in [6.45, 7) is 0.499. The number of nitrogens with two attached hydrogens (primary N) is 1. The van der Waals surface area contributed by atoms with Crippen LogP contribution in [0, 0.1) is 0 Å². The molecule has 0 aliphatic heterocycles. The van der Waals surface area contributed by atoms with Crippen molar-refractivity contribution in [1.29, 1.82) is 0 Å². The Morgan fingerprint density at radius 2 is 2.33 bits per heavy atom. The van der Waals surface area contributed by atoms with Crippen LogP contribution < -0.4 is 5.73 Å². The van der Waals surface area contributed by atoms with Crippen molar-refractivity contribution < 1.29 is 4.42 Å². The Morgan fingerprint density at radius 1 is 1.56 bits per heavy atom. The SMILES string of the molecule is NCCc1nnc(Cl)o1. The van der Waals surface area contributed by atoms with E-state index in [9.17, 15) is 0 Å². The Bertz CT molecular complexity index is 188. The van der Waals surface area contributed by atoms with E-state index in [-0.39, 0.29) is 5.35 Å². The molecule has 0 atom stereocenters. The molecule has 0 radical (unpaired) electrons. The molecule has 9 heavy (non-hydrogen) atoms. The third-order valence-electron chi connectivity index (χ3n) is 0.800. The van der Waals surface area contributed by atoms with Crippen molar-refractivity contribution in [2.45, 2.75) is 6.42 Å². The summed E-state index contributed by atoms with van der Waals surface area (Å²) in [5.41, 5.74) is 5.20. The fourth-order valence-electron chi connectivity index (χ4n) is 0.458. The molecule has 1 aromatic heterocycles.